The maximum Gasteiger partial charge on any atom is 0.220 e. The highest BCUT2D eigenvalue weighted by Crippen LogP contribution is 1.93. The third-order valence-electron chi connectivity index (χ3n) is 1.82. The molecule has 0 rings (SSSR count). The van der Waals surface area contributed by atoms with Gasteiger partial charge in [0.15, 0.2) is 0 Å². The van der Waals surface area contributed by atoms with Gasteiger partial charge in [0.1, 0.15) is 0 Å². The summed E-state index contributed by atoms with van der Waals surface area (Å²) < 4.78 is 0. The van der Waals surface area contributed by atoms with Crippen LogP contribution in [0.15, 0.2) is 12.2 Å². The minimum Gasteiger partial charge on any atom is -0.356 e. The molecule has 0 aliphatic carbocycles. The van der Waals surface area contributed by atoms with Crippen LogP contribution in [-0.2, 0) is 4.79 Å². The third kappa shape index (κ3) is 10.2. The van der Waals surface area contributed by atoms with Gasteiger partial charge in [-0.1, -0.05) is 12.0 Å². The monoisotopic (exact) mass is 203 g/mol. The van der Waals surface area contributed by atoms with E-state index in [1.54, 1.807) is 6.08 Å². The van der Waals surface area contributed by atoms with Crippen molar-refractivity contribution in [1.82, 2.24) is 5.32 Å². The zero-order valence-electron chi connectivity index (χ0n) is 8.96. The van der Waals surface area contributed by atoms with Crippen molar-refractivity contribution in [2.75, 3.05) is 6.54 Å². The molecule has 0 aromatic heterocycles. The molecule has 2 heteroatoms. The van der Waals surface area contributed by atoms with Crippen molar-refractivity contribution in [3.8, 4) is 24.7 Å². The second-order valence-electron chi connectivity index (χ2n) is 3.12. The molecule has 0 bridgehead atoms. The number of hydrogen-bond acceptors (Lipinski definition) is 1. The SMILES string of the molecule is C#C/C=C/CCC(=O)NCCCCC#C. The maximum absolute atomic E-state index is 11.2. The molecule has 0 aromatic carbocycles. The molecular weight excluding hydrogens is 186 g/mol. The Hall–Kier alpha value is -1.67. The van der Waals surface area contributed by atoms with E-state index in [2.05, 4.69) is 17.2 Å². The van der Waals surface area contributed by atoms with Crippen molar-refractivity contribution in [3.63, 3.8) is 0 Å². The fourth-order valence-corrected chi connectivity index (χ4v) is 1.03. The lowest BCUT2D eigenvalue weighted by Gasteiger charge is -2.02. The first-order chi connectivity index (χ1) is 7.31. The lowest BCUT2D eigenvalue weighted by Crippen LogP contribution is -2.23. The van der Waals surface area contributed by atoms with Gasteiger partial charge in [0.2, 0.25) is 5.91 Å². The molecule has 0 spiro atoms. The third-order valence-corrected chi connectivity index (χ3v) is 1.82. The Morgan fingerprint density at radius 3 is 2.80 bits per heavy atom. The Bertz CT molecular complexity index is 278. The van der Waals surface area contributed by atoms with Crippen molar-refractivity contribution >= 4 is 5.91 Å². The van der Waals surface area contributed by atoms with Crippen molar-refractivity contribution in [2.45, 2.75) is 32.1 Å². The van der Waals surface area contributed by atoms with E-state index in [0.29, 0.717) is 19.4 Å². The van der Waals surface area contributed by atoms with Crippen molar-refractivity contribution in [2.24, 2.45) is 0 Å². The minimum absolute atomic E-state index is 0.0670. The molecule has 0 saturated carbocycles. The number of terminal acetylenes is 2. The van der Waals surface area contributed by atoms with Crippen LogP contribution in [0.3, 0.4) is 0 Å². The van der Waals surface area contributed by atoms with Gasteiger partial charge in [0.05, 0.1) is 0 Å². The maximum atomic E-state index is 11.2. The highest BCUT2D eigenvalue weighted by Gasteiger charge is 1.97. The summed E-state index contributed by atoms with van der Waals surface area (Å²) in [5.41, 5.74) is 0. The lowest BCUT2D eigenvalue weighted by atomic mass is 10.2. The molecule has 0 saturated heterocycles. The number of rotatable bonds is 7. The molecule has 0 aliphatic rings. The molecule has 1 N–H and O–H groups in total. The predicted octanol–water partition coefficient (Wildman–Crippen LogP) is 1.88. The fourth-order valence-electron chi connectivity index (χ4n) is 1.03. The standard InChI is InChI=1S/C13H17NO/c1-3-5-7-9-11-13(15)14-12-10-8-6-4-2/h1-2,5,7H,6,8-12H2,(H,14,15)/b7-5+. The van der Waals surface area contributed by atoms with Crippen LogP contribution in [0.1, 0.15) is 32.1 Å². The van der Waals surface area contributed by atoms with Crippen LogP contribution in [0.2, 0.25) is 0 Å². The van der Waals surface area contributed by atoms with E-state index in [1.807, 2.05) is 6.08 Å². The van der Waals surface area contributed by atoms with E-state index >= 15 is 0 Å². The van der Waals surface area contributed by atoms with Crippen molar-refractivity contribution in [3.05, 3.63) is 12.2 Å². The van der Waals surface area contributed by atoms with Gasteiger partial charge in [-0.25, -0.2) is 0 Å². The molecule has 0 atom stereocenters. The summed E-state index contributed by atoms with van der Waals surface area (Å²) in [5, 5.41) is 2.83. The van der Waals surface area contributed by atoms with Gasteiger partial charge in [0, 0.05) is 19.4 Å². The van der Waals surface area contributed by atoms with Crippen LogP contribution < -0.4 is 5.32 Å². The highest BCUT2D eigenvalue weighted by molar-refractivity contribution is 5.75. The van der Waals surface area contributed by atoms with Gasteiger partial charge in [-0.05, 0) is 25.3 Å². The van der Waals surface area contributed by atoms with Crippen molar-refractivity contribution < 1.29 is 4.79 Å². The average Bonchev–Trinajstić information content (AvgIpc) is 2.24. The van der Waals surface area contributed by atoms with Gasteiger partial charge in [-0.3, -0.25) is 4.79 Å². The summed E-state index contributed by atoms with van der Waals surface area (Å²) in [7, 11) is 0. The Balaban J connectivity index is 3.31. The quantitative estimate of drug-likeness (QED) is 0.497. The zero-order valence-corrected chi connectivity index (χ0v) is 8.96. The second kappa shape index (κ2) is 10.4. The van der Waals surface area contributed by atoms with E-state index in [4.69, 9.17) is 12.8 Å². The first kappa shape index (κ1) is 13.3. The van der Waals surface area contributed by atoms with Gasteiger partial charge < -0.3 is 5.32 Å². The number of unbranched alkanes of at least 4 members (excludes halogenated alkanes) is 2. The Kier molecular flexibility index (Phi) is 9.25. The number of nitrogens with one attached hydrogen (secondary N) is 1. The average molecular weight is 203 g/mol. The van der Waals surface area contributed by atoms with Gasteiger partial charge >= 0.3 is 0 Å². The second-order valence-corrected chi connectivity index (χ2v) is 3.12. The predicted molar refractivity (Wildman–Crippen MR) is 62.9 cm³/mol. The number of hydrogen-bond donors (Lipinski definition) is 1. The number of amides is 1. The number of carbonyl (C=O) groups excluding carboxylic acids is 1. The van der Waals surface area contributed by atoms with Crippen LogP contribution >= 0.6 is 0 Å². The Labute approximate surface area is 92.1 Å². The largest absolute Gasteiger partial charge is 0.356 e. The van der Waals surface area contributed by atoms with E-state index in [1.165, 1.54) is 0 Å². The molecule has 0 unspecified atom stereocenters. The molecule has 0 aromatic rings. The first-order valence-electron chi connectivity index (χ1n) is 5.12. The number of allylic oxidation sites excluding steroid dienone is 2. The molecule has 0 fully saturated rings. The van der Waals surface area contributed by atoms with Gasteiger partial charge in [0.25, 0.3) is 0 Å². The normalized spacial score (nSPS) is 9.47. The minimum atomic E-state index is 0.0670. The van der Waals surface area contributed by atoms with Crippen LogP contribution in [0, 0.1) is 24.7 Å². The smallest absolute Gasteiger partial charge is 0.220 e. The molecule has 0 aliphatic heterocycles. The molecule has 15 heavy (non-hydrogen) atoms. The van der Waals surface area contributed by atoms with E-state index in [9.17, 15) is 4.79 Å². The molecule has 0 heterocycles. The molecule has 0 radical (unpaired) electrons. The lowest BCUT2D eigenvalue weighted by molar-refractivity contribution is -0.121. The van der Waals surface area contributed by atoms with Crippen LogP contribution in [0.4, 0.5) is 0 Å². The van der Waals surface area contributed by atoms with Crippen molar-refractivity contribution in [1.29, 1.82) is 0 Å². The molecular formula is C13H17NO. The summed E-state index contributed by atoms with van der Waals surface area (Å²) >= 11 is 0. The van der Waals surface area contributed by atoms with Crippen LogP contribution in [-0.4, -0.2) is 12.5 Å². The summed E-state index contributed by atoms with van der Waals surface area (Å²) in [6.45, 7) is 0.708. The molecule has 2 nitrogen and oxygen atoms in total. The van der Waals surface area contributed by atoms with E-state index in [-0.39, 0.29) is 5.91 Å². The first-order valence-corrected chi connectivity index (χ1v) is 5.12. The fraction of sp³-hybridized carbons (Fsp3) is 0.462. The van der Waals surface area contributed by atoms with E-state index in [0.717, 1.165) is 19.3 Å². The summed E-state index contributed by atoms with van der Waals surface area (Å²) in [5.74, 6) is 5.01. The Morgan fingerprint density at radius 2 is 2.13 bits per heavy atom. The summed E-state index contributed by atoms with van der Waals surface area (Å²) in [4.78, 5) is 11.2. The Morgan fingerprint density at radius 1 is 1.33 bits per heavy atom. The topological polar surface area (TPSA) is 29.1 Å². The summed E-state index contributed by atoms with van der Waals surface area (Å²) in [6, 6.07) is 0. The highest BCUT2D eigenvalue weighted by atomic mass is 16.1. The molecule has 1 amide bonds. The summed E-state index contributed by atoms with van der Waals surface area (Å²) in [6.07, 6.45) is 17.4. The zero-order chi connectivity index (χ0) is 11.4. The number of carbonyl (C=O) groups is 1. The molecule has 80 valence electrons. The van der Waals surface area contributed by atoms with E-state index < -0.39 is 0 Å². The van der Waals surface area contributed by atoms with Gasteiger partial charge in [-0.15, -0.1) is 18.8 Å². The van der Waals surface area contributed by atoms with Gasteiger partial charge in [-0.2, -0.15) is 0 Å². The van der Waals surface area contributed by atoms with Crippen LogP contribution in [0.5, 0.6) is 0 Å². The van der Waals surface area contributed by atoms with Crippen LogP contribution in [0.25, 0.3) is 0 Å².